The van der Waals surface area contributed by atoms with Crippen molar-refractivity contribution >= 4 is 10.0 Å². The van der Waals surface area contributed by atoms with E-state index in [4.69, 9.17) is 0 Å². The highest BCUT2D eigenvalue weighted by molar-refractivity contribution is 7.89. The van der Waals surface area contributed by atoms with Crippen molar-refractivity contribution in [2.24, 2.45) is 5.14 Å². The molecule has 0 fully saturated rings. The van der Waals surface area contributed by atoms with Gasteiger partial charge in [-0.2, -0.15) is 13.2 Å². The number of hydrogen-bond acceptors (Lipinski definition) is 3. The molecule has 0 amide bonds. The van der Waals surface area contributed by atoms with Crippen molar-refractivity contribution < 1.29 is 21.6 Å². The first kappa shape index (κ1) is 10.9. The molecular formula is C6H5F3N2O2S. The molecule has 0 aliphatic rings. The molecule has 0 aliphatic heterocycles. The van der Waals surface area contributed by atoms with Crippen LogP contribution in [0.3, 0.4) is 0 Å². The largest absolute Gasteiger partial charge is 0.434 e. The van der Waals surface area contributed by atoms with Crippen LogP contribution in [0.1, 0.15) is 5.69 Å². The van der Waals surface area contributed by atoms with E-state index in [-0.39, 0.29) is 0 Å². The van der Waals surface area contributed by atoms with E-state index < -0.39 is 26.8 Å². The van der Waals surface area contributed by atoms with E-state index in [2.05, 4.69) is 10.1 Å². The number of halogens is 3. The fraction of sp³-hybridized carbons (Fsp3) is 0.167. The van der Waals surface area contributed by atoms with E-state index >= 15 is 0 Å². The lowest BCUT2D eigenvalue weighted by Crippen LogP contribution is -2.20. The van der Waals surface area contributed by atoms with Gasteiger partial charge >= 0.3 is 6.18 Å². The van der Waals surface area contributed by atoms with Crippen molar-refractivity contribution in [3.05, 3.63) is 24.0 Å². The zero-order valence-corrected chi connectivity index (χ0v) is 7.43. The summed E-state index contributed by atoms with van der Waals surface area (Å²) in [6.45, 7) is 0. The predicted octanol–water partition coefficient (Wildman–Crippen LogP) is 0.748. The van der Waals surface area contributed by atoms with Crippen LogP contribution in [0.15, 0.2) is 23.2 Å². The molecule has 0 bridgehead atoms. The Balaban J connectivity index is 3.47. The third-order valence-electron chi connectivity index (χ3n) is 1.35. The van der Waals surface area contributed by atoms with Crippen molar-refractivity contribution in [3.8, 4) is 0 Å². The summed E-state index contributed by atoms with van der Waals surface area (Å²) in [7, 11) is -4.40. The molecule has 14 heavy (non-hydrogen) atoms. The van der Waals surface area contributed by atoms with Crippen LogP contribution < -0.4 is 5.14 Å². The van der Waals surface area contributed by atoms with Gasteiger partial charge in [0.05, 0.1) is 0 Å². The van der Waals surface area contributed by atoms with Crippen LogP contribution in [0.25, 0.3) is 0 Å². The normalized spacial score (nSPS) is 12.9. The molecule has 0 unspecified atom stereocenters. The van der Waals surface area contributed by atoms with E-state index in [0.717, 1.165) is 18.3 Å². The molecule has 1 aromatic heterocycles. The number of aromatic nitrogens is 1. The molecule has 0 aliphatic carbocycles. The van der Waals surface area contributed by atoms with E-state index in [1.807, 2.05) is 0 Å². The van der Waals surface area contributed by atoms with Gasteiger partial charge in [0, 0.05) is 6.20 Å². The Bertz CT molecular complexity index is 441. The molecule has 0 saturated heterocycles. The highest BCUT2D eigenvalue weighted by Gasteiger charge is 2.37. The fourth-order valence-corrected chi connectivity index (χ4v) is 1.54. The Morgan fingerprint density at radius 2 is 1.93 bits per heavy atom. The minimum Gasteiger partial charge on any atom is -0.250 e. The van der Waals surface area contributed by atoms with Gasteiger partial charge in [-0.15, -0.1) is 0 Å². The zero-order valence-electron chi connectivity index (χ0n) is 6.62. The highest BCUT2D eigenvalue weighted by Crippen LogP contribution is 2.31. The van der Waals surface area contributed by atoms with Crippen molar-refractivity contribution in [2.45, 2.75) is 11.1 Å². The molecule has 1 rings (SSSR count). The van der Waals surface area contributed by atoms with Crippen molar-refractivity contribution in [2.75, 3.05) is 0 Å². The zero-order chi connectivity index (χ0) is 11.0. The number of primary sulfonamides is 1. The number of nitrogens with two attached hydrogens (primary N) is 1. The van der Waals surface area contributed by atoms with Gasteiger partial charge in [0.25, 0.3) is 0 Å². The minimum absolute atomic E-state index is 0.755. The number of nitrogens with zero attached hydrogens (tertiary/aromatic N) is 1. The second kappa shape index (κ2) is 3.21. The third-order valence-corrected chi connectivity index (χ3v) is 2.29. The fourth-order valence-electron chi connectivity index (χ4n) is 0.833. The Labute approximate surface area is 77.6 Å². The lowest BCUT2D eigenvalue weighted by atomic mass is 10.3. The molecule has 0 radical (unpaired) electrons. The van der Waals surface area contributed by atoms with Gasteiger partial charge in [0.15, 0.2) is 5.69 Å². The maximum Gasteiger partial charge on any atom is 0.434 e. The number of hydrogen-bond donors (Lipinski definition) is 1. The second-order valence-electron chi connectivity index (χ2n) is 2.39. The number of rotatable bonds is 1. The molecule has 1 heterocycles. The summed E-state index contributed by atoms with van der Waals surface area (Å²) in [5, 5.41) is 4.59. The smallest absolute Gasteiger partial charge is 0.250 e. The lowest BCUT2D eigenvalue weighted by molar-refractivity contribution is -0.143. The first-order valence-corrected chi connectivity index (χ1v) is 4.82. The van der Waals surface area contributed by atoms with Gasteiger partial charge in [0.2, 0.25) is 10.0 Å². The maximum absolute atomic E-state index is 12.2. The summed E-state index contributed by atoms with van der Waals surface area (Å²) in [6, 6.07) is 1.82. The van der Waals surface area contributed by atoms with Crippen LogP contribution in [0.4, 0.5) is 13.2 Å². The van der Waals surface area contributed by atoms with Gasteiger partial charge in [-0.25, -0.2) is 13.6 Å². The SMILES string of the molecule is NS(=O)(=O)c1cccnc1C(F)(F)F. The van der Waals surface area contributed by atoms with Crippen LogP contribution in [-0.2, 0) is 16.2 Å². The standard InChI is InChI=1S/C6H5F3N2O2S/c7-6(8,9)5-4(14(10,12)13)2-1-3-11-5/h1-3H,(H2,10,12,13). The van der Waals surface area contributed by atoms with Gasteiger partial charge in [-0.3, -0.25) is 4.98 Å². The van der Waals surface area contributed by atoms with Gasteiger partial charge in [-0.05, 0) is 12.1 Å². The summed E-state index contributed by atoms with van der Waals surface area (Å²) < 4.78 is 58.1. The molecule has 0 atom stereocenters. The monoisotopic (exact) mass is 226 g/mol. The average molecular weight is 226 g/mol. The molecule has 4 nitrogen and oxygen atoms in total. The van der Waals surface area contributed by atoms with Crippen molar-refractivity contribution in [3.63, 3.8) is 0 Å². The first-order chi connectivity index (χ1) is 6.23. The van der Waals surface area contributed by atoms with Crippen LogP contribution in [0.2, 0.25) is 0 Å². The minimum atomic E-state index is -4.83. The van der Waals surface area contributed by atoms with E-state index in [0.29, 0.717) is 0 Å². The number of alkyl halides is 3. The summed E-state index contributed by atoms with van der Waals surface area (Å²) in [4.78, 5) is 1.91. The van der Waals surface area contributed by atoms with E-state index in [1.54, 1.807) is 0 Å². The molecule has 8 heteroatoms. The van der Waals surface area contributed by atoms with Crippen LogP contribution in [-0.4, -0.2) is 13.4 Å². The quantitative estimate of drug-likeness (QED) is 0.767. The molecule has 2 N–H and O–H groups in total. The maximum atomic E-state index is 12.2. The summed E-state index contributed by atoms with van der Waals surface area (Å²) >= 11 is 0. The summed E-state index contributed by atoms with van der Waals surface area (Å²) in [6.07, 6.45) is -3.99. The number of sulfonamides is 1. The Kier molecular flexibility index (Phi) is 2.50. The first-order valence-electron chi connectivity index (χ1n) is 3.28. The van der Waals surface area contributed by atoms with Crippen molar-refractivity contribution in [1.82, 2.24) is 4.98 Å². The highest BCUT2D eigenvalue weighted by atomic mass is 32.2. The van der Waals surface area contributed by atoms with Gasteiger partial charge in [0.1, 0.15) is 4.90 Å². The molecule has 0 saturated carbocycles. The molecule has 78 valence electrons. The summed E-state index contributed by atoms with van der Waals surface area (Å²) in [5.74, 6) is 0. The Hall–Kier alpha value is -1.15. The second-order valence-corrected chi connectivity index (χ2v) is 3.92. The van der Waals surface area contributed by atoms with Gasteiger partial charge < -0.3 is 0 Å². The topological polar surface area (TPSA) is 73.1 Å². The van der Waals surface area contributed by atoms with Crippen LogP contribution in [0.5, 0.6) is 0 Å². The van der Waals surface area contributed by atoms with Crippen molar-refractivity contribution in [1.29, 1.82) is 0 Å². The Morgan fingerprint density at radius 3 is 2.29 bits per heavy atom. The molecule has 1 aromatic rings. The van der Waals surface area contributed by atoms with Crippen LogP contribution >= 0.6 is 0 Å². The molecule has 0 spiro atoms. The predicted molar refractivity (Wildman–Crippen MR) is 40.6 cm³/mol. The Morgan fingerprint density at radius 1 is 1.36 bits per heavy atom. The van der Waals surface area contributed by atoms with E-state index in [1.165, 1.54) is 0 Å². The average Bonchev–Trinajstić information content (AvgIpc) is 2.01. The molecular weight excluding hydrogens is 221 g/mol. The number of pyridine rings is 1. The van der Waals surface area contributed by atoms with Gasteiger partial charge in [-0.1, -0.05) is 0 Å². The third kappa shape index (κ3) is 2.20. The van der Waals surface area contributed by atoms with Crippen LogP contribution in [0, 0.1) is 0 Å². The molecule has 0 aromatic carbocycles. The van der Waals surface area contributed by atoms with E-state index in [9.17, 15) is 21.6 Å². The summed E-state index contributed by atoms with van der Waals surface area (Å²) in [5.41, 5.74) is -1.50. The lowest BCUT2D eigenvalue weighted by Gasteiger charge is -2.08.